The van der Waals surface area contributed by atoms with Crippen LogP contribution in [-0.4, -0.2) is 25.1 Å². The normalized spacial score (nSPS) is 21.1. The standard InChI is InChI=1S/C13H19NO/c1-4-15-12-5-6-13-10(2)14(3)8-7-11(13)9-12/h5-6,9-10H,4,7-8H2,1-3H3. The summed E-state index contributed by atoms with van der Waals surface area (Å²) in [5.74, 6) is 1.01. The molecule has 1 aromatic rings. The van der Waals surface area contributed by atoms with Crippen LogP contribution in [0.3, 0.4) is 0 Å². The van der Waals surface area contributed by atoms with E-state index in [1.54, 1.807) is 0 Å². The predicted molar refractivity (Wildman–Crippen MR) is 62.4 cm³/mol. The Bertz CT molecular complexity index is 348. The third kappa shape index (κ3) is 2.00. The summed E-state index contributed by atoms with van der Waals surface area (Å²) in [7, 11) is 2.18. The summed E-state index contributed by atoms with van der Waals surface area (Å²) in [5, 5.41) is 0. The zero-order chi connectivity index (χ0) is 10.8. The van der Waals surface area contributed by atoms with Crippen LogP contribution < -0.4 is 4.74 Å². The van der Waals surface area contributed by atoms with Crippen molar-refractivity contribution in [1.29, 1.82) is 0 Å². The highest BCUT2D eigenvalue weighted by Crippen LogP contribution is 2.30. The molecule has 1 aliphatic heterocycles. The maximum Gasteiger partial charge on any atom is 0.119 e. The molecule has 82 valence electrons. The number of rotatable bonds is 2. The van der Waals surface area contributed by atoms with Crippen molar-refractivity contribution in [2.75, 3.05) is 20.2 Å². The van der Waals surface area contributed by atoms with Gasteiger partial charge < -0.3 is 4.74 Å². The molecule has 0 fully saturated rings. The molecule has 0 N–H and O–H groups in total. The van der Waals surface area contributed by atoms with Gasteiger partial charge in [0.05, 0.1) is 6.61 Å². The van der Waals surface area contributed by atoms with E-state index in [0.717, 1.165) is 25.3 Å². The van der Waals surface area contributed by atoms with Crippen molar-refractivity contribution in [3.8, 4) is 5.75 Å². The van der Waals surface area contributed by atoms with Gasteiger partial charge in [-0.15, -0.1) is 0 Å². The largest absolute Gasteiger partial charge is 0.494 e. The van der Waals surface area contributed by atoms with E-state index in [4.69, 9.17) is 4.74 Å². The molecule has 0 amide bonds. The molecule has 0 saturated carbocycles. The maximum absolute atomic E-state index is 5.52. The molecule has 0 saturated heterocycles. The molecule has 0 spiro atoms. The maximum atomic E-state index is 5.52. The average Bonchev–Trinajstić information content (AvgIpc) is 2.24. The summed E-state index contributed by atoms with van der Waals surface area (Å²) in [5.41, 5.74) is 2.90. The fraction of sp³-hybridized carbons (Fsp3) is 0.538. The Morgan fingerprint density at radius 2 is 2.27 bits per heavy atom. The Kier molecular flexibility index (Phi) is 2.96. The fourth-order valence-electron chi connectivity index (χ4n) is 2.19. The summed E-state index contributed by atoms with van der Waals surface area (Å²) in [4.78, 5) is 2.39. The summed E-state index contributed by atoms with van der Waals surface area (Å²) in [6, 6.07) is 7.02. The Morgan fingerprint density at radius 3 is 3.00 bits per heavy atom. The van der Waals surface area contributed by atoms with Crippen molar-refractivity contribution in [2.45, 2.75) is 26.3 Å². The molecular weight excluding hydrogens is 186 g/mol. The van der Waals surface area contributed by atoms with Crippen LogP contribution >= 0.6 is 0 Å². The van der Waals surface area contributed by atoms with Crippen molar-refractivity contribution in [3.63, 3.8) is 0 Å². The van der Waals surface area contributed by atoms with Crippen molar-refractivity contribution in [1.82, 2.24) is 4.90 Å². The van der Waals surface area contributed by atoms with Crippen LogP contribution in [0.2, 0.25) is 0 Å². The number of ether oxygens (including phenoxy) is 1. The highest BCUT2D eigenvalue weighted by Gasteiger charge is 2.20. The van der Waals surface area contributed by atoms with Gasteiger partial charge >= 0.3 is 0 Å². The predicted octanol–water partition coefficient (Wildman–Crippen LogP) is 2.63. The summed E-state index contributed by atoms with van der Waals surface area (Å²) < 4.78 is 5.52. The quantitative estimate of drug-likeness (QED) is 0.736. The molecular formula is C13H19NO. The first-order chi connectivity index (χ1) is 7.22. The summed E-state index contributed by atoms with van der Waals surface area (Å²) >= 11 is 0. The number of nitrogens with zero attached hydrogens (tertiary/aromatic N) is 1. The van der Waals surface area contributed by atoms with E-state index in [1.807, 2.05) is 6.92 Å². The monoisotopic (exact) mass is 205 g/mol. The van der Waals surface area contributed by atoms with Crippen LogP contribution in [0.1, 0.15) is 31.0 Å². The van der Waals surface area contributed by atoms with Gasteiger partial charge in [-0.05, 0) is 50.6 Å². The molecule has 1 atom stereocenters. The van der Waals surface area contributed by atoms with Gasteiger partial charge in [-0.25, -0.2) is 0 Å². The van der Waals surface area contributed by atoms with E-state index in [2.05, 4.69) is 37.1 Å². The molecule has 2 nitrogen and oxygen atoms in total. The van der Waals surface area contributed by atoms with Gasteiger partial charge in [0.15, 0.2) is 0 Å². The number of likely N-dealkylation sites (N-methyl/N-ethyl adjacent to an activating group) is 1. The van der Waals surface area contributed by atoms with Crippen molar-refractivity contribution < 1.29 is 4.74 Å². The highest BCUT2D eigenvalue weighted by atomic mass is 16.5. The van der Waals surface area contributed by atoms with E-state index in [9.17, 15) is 0 Å². The molecule has 15 heavy (non-hydrogen) atoms. The molecule has 0 aliphatic carbocycles. The smallest absolute Gasteiger partial charge is 0.119 e. The van der Waals surface area contributed by atoms with Gasteiger partial charge in [-0.1, -0.05) is 6.07 Å². The van der Waals surface area contributed by atoms with Crippen molar-refractivity contribution >= 4 is 0 Å². The number of fused-ring (bicyclic) bond motifs is 1. The van der Waals surface area contributed by atoms with Gasteiger partial charge in [-0.2, -0.15) is 0 Å². The van der Waals surface area contributed by atoms with E-state index < -0.39 is 0 Å². The molecule has 1 heterocycles. The molecule has 2 rings (SSSR count). The SMILES string of the molecule is CCOc1ccc2c(c1)CCN(C)C2C. The van der Waals surface area contributed by atoms with Crippen LogP contribution in [0.4, 0.5) is 0 Å². The van der Waals surface area contributed by atoms with E-state index in [1.165, 1.54) is 11.1 Å². The lowest BCUT2D eigenvalue weighted by molar-refractivity contribution is 0.246. The molecule has 0 aromatic heterocycles. The first-order valence-electron chi connectivity index (χ1n) is 5.68. The van der Waals surface area contributed by atoms with Crippen LogP contribution in [0.15, 0.2) is 18.2 Å². The minimum atomic E-state index is 0.532. The fourth-order valence-corrected chi connectivity index (χ4v) is 2.19. The molecule has 1 aliphatic rings. The topological polar surface area (TPSA) is 12.5 Å². The van der Waals surface area contributed by atoms with Crippen molar-refractivity contribution in [3.05, 3.63) is 29.3 Å². The van der Waals surface area contributed by atoms with Gasteiger partial charge in [0.1, 0.15) is 5.75 Å². The zero-order valence-corrected chi connectivity index (χ0v) is 9.79. The van der Waals surface area contributed by atoms with Crippen molar-refractivity contribution in [2.24, 2.45) is 0 Å². The Labute approximate surface area is 91.9 Å². The summed E-state index contributed by atoms with van der Waals surface area (Å²) in [6.45, 7) is 6.17. The van der Waals surface area contributed by atoms with Crippen LogP contribution in [-0.2, 0) is 6.42 Å². The lowest BCUT2D eigenvalue weighted by Crippen LogP contribution is -2.30. The summed E-state index contributed by atoms with van der Waals surface area (Å²) in [6.07, 6.45) is 1.14. The van der Waals surface area contributed by atoms with Gasteiger partial charge in [0.25, 0.3) is 0 Å². The van der Waals surface area contributed by atoms with E-state index >= 15 is 0 Å². The van der Waals surface area contributed by atoms with Gasteiger partial charge in [-0.3, -0.25) is 4.90 Å². The lowest BCUT2D eigenvalue weighted by Gasteiger charge is -2.32. The third-order valence-corrected chi connectivity index (χ3v) is 3.27. The highest BCUT2D eigenvalue weighted by molar-refractivity contribution is 5.38. The number of hydrogen-bond donors (Lipinski definition) is 0. The Hall–Kier alpha value is -1.02. The third-order valence-electron chi connectivity index (χ3n) is 3.27. The minimum Gasteiger partial charge on any atom is -0.494 e. The second-order valence-corrected chi connectivity index (χ2v) is 4.20. The van der Waals surface area contributed by atoms with Crippen LogP contribution in [0, 0.1) is 0 Å². The Morgan fingerprint density at radius 1 is 1.47 bits per heavy atom. The molecule has 0 radical (unpaired) electrons. The van der Waals surface area contributed by atoms with Crippen LogP contribution in [0.25, 0.3) is 0 Å². The molecule has 0 bridgehead atoms. The Balaban J connectivity index is 2.30. The first-order valence-corrected chi connectivity index (χ1v) is 5.68. The van der Waals surface area contributed by atoms with Crippen LogP contribution in [0.5, 0.6) is 5.75 Å². The minimum absolute atomic E-state index is 0.532. The molecule has 1 unspecified atom stereocenters. The molecule has 1 aromatic carbocycles. The second kappa shape index (κ2) is 4.23. The molecule has 2 heteroatoms. The van der Waals surface area contributed by atoms with Gasteiger partial charge in [0, 0.05) is 12.6 Å². The number of hydrogen-bond acceptors (Lipinski definition) is 2. The van der Waals surface area contributed by atoms with E-state index in [0.29, 0.717) is 6.04 Å². The lowest BCUT2D eigenvalue weighted by atomic mass is 9.94. The first kappa shape index (κ1) is 10.5. The zero-order valence-electron chi connectivity index (χ0n) is 9.79. The van der Waals surface area contributed by atoms with Gasteiger partial charge in [0.2, 0.25) is 0 Å². The van der Waals surface area contributed by atoms with E-state index in [-0.39, 0.29) is 0 Å². The number of benzene rings is 1. The average molecular weight is 205 g/mol. The second-order valence-electron chi connectivity index (χ2n) is 4.20.